The van der Waals surface area contributed by atoms with Gasteiger partial charge in [-0.3, -0.25) is 0 Å². The Morgan fingerprint density at radius 2 is 1.95 bits per heavy atom. The highest BCUT2D eigenvalue weighted by Gasteiger charge is 2.04. The zero-order valence-electron chi connectivity index (χ0n) is 10.8. The third-order valence-corrected chi connectivity index (χ3v) is 3.50. The Bertz CT molecular complexity index is 736. The minimum absolute atomic E-state index is 0.177. The van der Waals surface area contributed by atoms with Crippen molar-refractivity contribution in [2.24, 2.45) is 0 Å². The quantitative estimate of drug-likeness (QED) is 0.745. The summed E-state index contributed by atoms with van der Waals surface area (Å²) in [6, 6.07) is 14.6. The van der Waals surface area contributed by atoms with Crippen molar-refractivity contribution < 1.29 is 4.39 Å². The summed E-state index contributed by atoms with van der Waals surface area (Å²) in [4.78, 5) is 0. The van der Waals surface area contributed by atoms with E-state index < -0.39 is 0 Å². The number of benzene rings is 2. The Labute approximate surface area is 121 Å². The van der Waals surface area contributed by atoms with Crippen molar-refractivity contribution in [3.05, 3.63) is 65.6 Å². The Morgan fingerprint density at radius 1 is 1.10 bits per heavy atom. The monoisotopic (exact) mass is 288 g/mol. The zero-order chi connectivity index (χ0) is 13.9. The Morgan fingerprint density at radius 3 is 2.80 bits per heavy atom. The predicted octanol–water partition coefficient (Wildman–Crippen LogP) is 4.55. The average Bonchev–Trinajstić information content (AvgIpc) is 2.84. The van der Waals surface area contributed by atoms with Gasteiger partial charge in [0.05, 0.1) is 5.52 Å². The van der Waals surface area contributed by atoms with Gasteiger partial charge < -0.3 is 9.88 Å². The summed E-state index contributed by atoms with van der Waals surface area (Å²) in [7, 11) is 0. The van der Waals surface area contributed by atoms with Gasteiger partial charge in [-0.15, -0.1) is 0 Å². The van der Waals surface area contributed by atoms with Crippen LogP contribution in [0.1, 0.15) is 0 Å². The van der Waals surface area contributed by atoms with Crippen molar-refractivity contribution in [3.8, 4) is 0 Å². The molecule has 1 aromatic heterocycles. The van der Waals surface area contributed by atoms with E-state index in [1.54, 1.807) is 6.07 Å². The van der Waals surface area contributed by atoms with Crippen LogP contribution >= 0.6 is 11.6 Å². The minimum Gasteiger partial charge on any atom is -0.383 e. The van der Waals surface area contributed by atoms with E-state index in [0.717, 1.165) is 24.3 Å². The van der Waals surface area contributed by atoms with Crippen LogP contribution in [0.3, 0.4) is 0 Å². The number of halogens is 2. The van der Waals surface area contributed by atoms with Gasteiger partial charge >= 0.3 is 0 Å². The molecule has 0 atom stereocenters. The standard InChI is InChI=1S/C16H14ClFN2/c17-12-3-1-4-13(11-12)19-8-10-20-9-7-14-15(18)5-2-6-16(14)20/h1-7,9,11,19H,8,10H2. The Hall–Kier alpha value is -2.00. The molecule has 0 amide bonds. The van der Waals surface area contributed by atoms with Crippen LogP contribution in [0.4, 0.5) is 10.1 Å². The average molecular weight is 289 g/mol. The molecule has 2 nitrogen and oxygen atoms in total. The van der Waals surface area contributed by atoms with E-state index >= 15 is 0 Å². The molecule has 0 aliphatic carbocycles. The van der Waals surface area contributed by atoms with Gasteiger partial charge in [-0.05, 0) is 36.4 Å². The second-order valence-electron chi connectivity index (χ2n) is 4.62. The maximum absolute atomic E-state index is 13.6. The summed E-state index contributed by atoms with van der Waals surface area (Å²) in [5, 5.41) is 4.68. The van der Waals surface area contributed by atoms with Gasteiger partial charge in [0, 0.05) is 35.4 Å². The maximum atomic E-state index is 13.6. The molecule has 1 heterocycles. The van der Waals surface area contributed by atoms with Crippen molar-refractivity contribution in [1.29, 1.82) is 0 Å². The number of hydrogen-bond donors (Lipinski definition) is 1. The molecule has 3 rings (SSSR count). The second-order valence-corrected chi connectivity index (χ2v) is 5.06. The summed E-state index contributed by atoms with van der Waals surface area (Å²) in [6.07, 6.45) is 1.91. The molecule has 102 valence electrons. The van der Waals surface area contributed by atoms with Gasteiger partial charge in [-0.1, -0.05) is 23.7 Å². The lowest BCUT2D eigenvalue weighted by Gasteiger charge is -2.09. The molecule has 0 fully saturated rings. The largest absolute Gasteiger partial charge is 0.383 e. The molecule has 0 saturated heterocycles. The smallest absolute Gasteiger partial charge is 0.132 e. The van der Waals surface area contributed by atoms with Crippen LogP contribution in [0.25, 0.3) is 10.9 Å². The number of hydrogen-bond acceptors (Lipinski definition) is 1. The molecular weight excluding hydrogens is 275 g/mol. The van der Waals surface area contributed by atoms with Gasteiger partial charge in [-0.2, -0.15) is 0 Å². The van der Waals surface area contributed by atoms with Crippen molar-refractivity contribution in [3.63, 3.8) is 0 Å². The minimum atomic E-state index is -0.177. The fourth-order valence-corrected chi connectivity index (χ4v) is 2.49. The number of anilines is 1. The molecule has 0 saturated carbocycles. The van der Waals surface area contributed by atoms with Gasteiger partial charge in [0.15, 0.2) is 0 Å². The highest BCUT2D eigenvalue weighted by atomic mass is 35.5. The summed E-state index contributed by atoms with van der Waals surface area (Å²) < 4.78 is 15.6. The highest BCUT2D eigenvalue weighted by molar-refractivity contribution is 6.30. The lowest BCUT2D eigenvalue weighted by atomic mass is 10.2. The molecule has 0 aliphatic rings. The van der Waals surface area contributed by atoms with Crippen LogP contribution in [-0.4, -0.2) is 11.1 Å². The molecule has 1 N–H and O–H groups in total. The summed E-state index contributed by atoms with van der Waals surface area (Å²) in [5.74, 6) is -0.177. The molecule has 0 bridgehead atoms. The molecule has 20 heavy (non-hydrogen) atoms. The van der Waals surface area contributed by atoms with Crippen LogP contribution in [-0.2, 0) is 6.54 Å². The first kappa shape index (κ1) is 13.0. The maximum Gasteiger partial charge on any atom is 0.132 e. The summed E-state index contributed by atoms with van der Waals surface area (Å²) in [6.45, 7) is 1.51. The molecule has 2 aromatic carbocycles. The van der Waals surface area contributed by atoms with Crippen molar-refractivity contribution >= 4 is 28.2 Å². The fraction of sp³-hybridized carbons (Fsp3) is 0.125. The number of aromatic nitrogens is 1. The van der Waals surface area contributed by atoms with E-state index in [2.05, 4.69) is 5.32 Å². The third kappa shape index (κ3) is 2.63. The first-order chi connectivity index (χ1) is 9.74. The lowest BCUT2D eigenvalue weighted by molar-refractivity contribution is 0.639. The summed E-state index contributed by atoms with van der Waals surface area (Å²) in [5.41, 5.74) is 1.90. The normalized spacial score (nSPS) is 10.9. The molecule has 0 spiro atoms. The highest BCUT2D eigenvalue weighted by Crippen LogP contribution is 2.19. The van der Waals surface area contributed by atoms with Gasteiger partial charge in [0.1, 0.15) is 5.82 Å². The number of fused-ring (bicyclic) bond motifs is 1. The second kappa shape index (κ2) is 5.55. The predicted molar refractivity (Wildman–Crippen MR) is 81.8 cm³/mol. The van der Waals surface area contributed by atoms with E-state index in [1.807, 2.05) is 47.2 Å². The van der Waals surface area contributed by atoms with Crippen LogP contribution in [0.15, 0.2) is 54.7 Å². The summed E-state index contributed by atoms with van der Waals surface area (Å²) >= 11 is 5.93. The fourth-order valence-electron chi connectivity index (χ4n) is 2.30. The number of rotatable bonds is 4. The van der Waals surface area contributed by atoms with Crippen molar-refractivity contribution in [2.45, 2.75) is 6.54 Å². The molecule has 0 unspecified atom stereocenters. The van der Waals surface area contributed by atoms with E-state index in [0.29, 0.717) is 10.4 Å². The Kier molecular flexibility index (Phi) is 3.61. The SMILES string of the molecule is Fc1cccc2c1ccn2CCNc1cccc(Cl)c1. The van der Waals surface area contributed by atoms with E-state index in [1.165, 1.54) is 6.07 Å². The van der Waals surface area contributed by atoms with Crippen molar-refractivity contribution in [1.82, 2.24) is 4.57 Å². The third-order valence-electron chi connectivity index (χ3n) is 3.27. The first-order valence-electron chi connectivity index (χ1n) is 6.47. The van der Waals surface area contributed by atoms with E-state index in [9.17, 15) is 4.39 Å². The Balaban J connectivity index is 1.70. The van der Waals surface area contributed by atoms with Gasteiger partial charge in [0.2, 0.25) is 0 Å². The number of nitrogens with one attached hydrogen (secondary N) is 1. The van der Waals surface area contributed by atoms with Crippen LogP contribution in [0.5, 0.6) is 0 Å². The van der Waals surface area contributed by atoms with Gasteiger partial charge in [-0.25, -0.2) is 4.39 Å². The molecular formula is C16H14ClFN2. The zero-order valence-corrected chi connectivity index (χ0v) is 11.6. The van der Waals surface area contributed by atoms with Crippen molar-refractivity contribution in [2.75, 3.05) is 11.9 Å². The van der Waals surface area contributed by atoms with Crippen LogP contribution in [0, 0.1) is 5.82 Å². The van der Waals surface area contributed by atoms with Crippen LogP contribution < -0.4 is 5.32 Å². The lowest BCUT2D eigenvalue weighted by Crippen LogP contribution is -2.09. The number of nitrogens with zero attached hydrogens (tertiary/aromatic N) is 1. The van der Waals surface area contributed by atoms with E-state index in [4.69, 9.17) is 11.6 Å². The first-order valence-corrected chi connectivity index (χ1v) is 6.84. The van der Waals surface area contributed by atoms with Crippen LogP contribution in [0.2, 0.25) is 5.02 Å². The molecule has 3 aromatic rings. The van der Waals surface area contributed by atoms with E-state index in [-0.39, 0.29) is 5.82 Å². The molecule has 0 radical (unpaired) electrons. The topological polar surface area (TPSA) is 17.0 Å². The van der Waals surface area contributed by atoms with Gasteiger partial charge in [0.25, 0.3) is 0 Å². The molecule has 0 aliphatic heterocycles. The molecule has 4 heteroatoms.